The number of aryl methyl sites for hydroxylation is 2. The zero-order chi connectivity index (χ0) is 14.7. The summed E-state index contributed by atoms with van der Waals surface area (Å²) in [6.07, 6.45) is 3.55. The van der Waals surface area contributed by atoms with Crippen LogP contribution < -0.4 is 0 Å². The molecule has 0 radical (unpaired) electrons. The lowest BCUT2D eigenvalue weighted by Crippen LogP contribution is -2.44. The predicted octanol–water partition coefficient (Wildman–Crippen LogP) is 2.76. The summed E-state index contributed by atoms with van der Waals surface area (Å²) in [5, 5.41) is 8.82. The molecule has 5 nitrogen and oxygen atoms in total. The van der Waals surface area contributed by atoms with Crippen LogP contribution in [0.15, 0.2) is 10.5 Å². The Labute approximate surface area is 118 Å². The van der Waals surface area contributed by atoms with Gasteiger partial charge in [0, 0.05) is 19.0 Å². The Bertz CT molecular complexity index is 506. The quantitative estimate of drug-likeness (QED) is 0.920. The van der Waals surface area contributed by atoms with Gasteiger partial charge in [-0.25, -0.2) is 0 Å². The largest absolute Gasteiger partial charge is 0.481 e. The molecule has 0 aliphatic carbocycles. The summed E-state index contributed by atoms with van der Waals surface area (Å²) in [4.78, 5) is 25.2. The zero-order valence-electron chi connectivity index (χ0n) is 12.0. The van der Waals surface area contributed by atoms with Crippen LogP contribution >= 0.6 is 0 Å². The monoisotopic (exact) mass is 279 g/mol. The van der Waals surface area contributed by atoms with E-state index in [1.807, 2.05) is 11.8 Å². The average molecular weight is 279 g/mol. The number of likely N-dealkylation sites (tertiary alicyclic amines) is 1. The molecule has 1 saturated heterocycles. The average Bonchev–Trinajstić information content (AvgIpc) is 2.75. The molecule has 2 rings (SSSR count). The van der Waals surface area contributed by atoms with Crippen molar-refractivity contribution >= 4 is 11.9 Å². The minimum atomic E-state index is -0.807. The molecule has 5 heteroatoms. The molecule has 20 heavy (non-hydrogen) atoms. The molecule has 1 aromatic rings. The summed E-state index contributed by atoms with van der Waals surface area (Å²) in [6.45, 7) is 4.31. The van der Waals surface area contributed by atoms with E-state index in [-0.39, 0.29) is 18.4 Å². The molecule has 0 bridgehead atoms. The highest BCUT2D eigenvalue weighted by atomic mass is 16.4. The molecule has 1 fully saturated rings. The molecule has 0 unspecified atom stereocenters. The maximum Gasteiger partial charge on any atom is 0.303 e. The van der Waals surface area contributed by atoms with E-state index in [2.05, 4.69) is 0 Å². The number of piperidine rings is 1. The number of hydrogen-bond donors (Lipinski definition) is 1. The summed E-state index contributed by atoms with van der Waals surface area (Å²) < 4.78 is 5.42. The number of hydrogen-bond acceptors (Lipinski definition) is 3. The topological polar surface area (TPSA) is 70.8 Å². The number of carboxylic acids is 1. The van der Waals surface area contributed by atoms with Crippen molar-refractivity contribution < 1.29 is 19.1 Å². The first kappa shape index (κ1) is 14.6. The van der Waals surface area contributed by atoms with E-state index in [1.54, 1.807) is 13.0 Å². The Morgan fingerprint density at radius 2 is 2.15 bits per heavy atom. The first-order valence-corrected chi connectivity index (χ1v) is 7.09. The molecule has 1 aromatic heterocycles. The maximum absolute atomic E-state index is 12.6. The van der Waals surface area contributed by atoms with Crippen LogP contribution in [0.1, 0.15) is 54.0 Å². The molecule has 0 saturated carbocycles. The van der Waals surface area contributed by atoms with Crippen LogP contribution in [0, 0.1) is 13.8 Å². The highest BCUT2D eigenvalue weighted by Gasteiger charge is 2.29. The molecule has 1 atom stereocenters. The molecule has 1 amide bonds. The van der Waals surface area contributed by atoms with E-state index in [0.29, 0.717) is 24.3 Å². The number of nitrogens with zero attached hydrogens (tertiary/aromatic N) is 1. The highest BCUT2D eigenvalue weighted by Crippen LogP contribution is 2.25. The van der Waals surface area contributed by atoms with E-state index >= 15 is 0 Å². The van der Waals surface area contributed by atoms with Gasteiger partial charge in [-0.05, 0) is 45.6 Å². The van der Waals surface area contributed by atoms with Gasteiger partial charge in [-0.3, -0.25) is 9.59 Å². The lowest BCUT2D eigenvalue weighted by atomic mass is 9.97. The van der Waals surface area contributed by atoms with Crippen molar-refractivity contribution in [3.63, 3.8) is 0 Å². The Balaban J connectivity index is 2.12. The number of furan rings is 1. The van der Waals surface area contributed by atoms with Crippen LogP contribution in [0.5, 0.6) is 0 Å². The molecule has 2 heterocycles. The Hall–Kier alpha value is -1.78. The third-order valence-corrected chi connectivity index (χ3v) is 3.85. The van der Waals surface area contributed by atoms with Gasteiger partial charge in [-0.15, -0.1) is 0 Å². The third kappa shape index (κ3) is 3.21. The lowest BCUT2D eigenvalue weighted by Gasteiger charge is -2.35. The second-order valence-electron chi connectivity index (χ2n) is 5.41. The fourth-order valence-corrected chi connectivity index (χ4v) is 2.86. The molecular weight excluding hydrogens is 258 g/mol. The fraction of sp³-hybridized carbons (Fsp3) is 0.600. The highest BCUT2D eigenvalue weighted by molar-refractivity contribution is 5.95. The van der Waals surface area contributed by atoms with Gasteiger partial charge in [-0.1, -0.05) is 0 Å². The van der Waals surface area contributed by atoms with Crippen LogP contribution in [0.2, 0.25) is 0 Å². The van der Waals surface area contributed by atoms with Crippen molar-refractivity contribution in [3.05, 3.63) is 23.2 Å². The predicted molar refractivity (Wildman–Crippen MR) is 73.7 cm³/mol. The summed E-state index contributed by atoms with van der Waals surface area (Å²) >= 11 is 0. The first-order chi connectivity index (χ1) is 9.49. The van der Waals surface area contributed by atoms with Crippen molar-refractivity contribution in [2.75, 3.05) is 6.54 Å². The van der Waals surface area contributed by atoms with Gasteiger partial charge < -0.3 is 14.4 Å². The Kier molecular flexibility index (Phi) is 4.47. The summed E-state index contributed by atoms with van der Waals surface area (Å²) in [5.74, 6) is 0.521. The fourth-order valence-electron chi connectivity index (χ4n) is 2.86. The number of carboxylic acid groups (broad SMARTS) is 1. The van der Waals surface area contributed by atoms with Gasteiger partial charge in [0.2, 0.25) is 0 Å². The van der Waals surface area contributed by atoms with Crippen molar-refractivity contribution in [2.45, 2.75) is 52.0 Å². The van der Waals surface area contributed by atoms with E-state index < -0.39 is 5.97 Å². The van der Waals surface area contributed by atoms with E-state index in [9.17, 15) is 9.59 Å². The standard InChI is InChI=1S/C15H21NO4/c1-10-9-13(11(2)20-10)15(19)16-8-4-3-5-12(16)6-7-14(17)18/h9,12H,3-8H2,1-2H3,(H,17,18)/t12-/m0/s1. The van der Waals surface area contributed by atoms with Crippen LogP contribution in [-0.4, -0.2) is 34.5 Å². The van der Waals surface area contributed by atoms with Gasteiger partial charge in [-0.2, -0.15) is 0 Å². The zero-order valence-corrected chi connectivity index (χ0v) is 12.0. The number of aliphatic carboxylic acids is 1. The molecule has 0 aromatic carbocycles. The normalized spacial score (nSPS) is 19.1. The van der Waals surface area contributed by atoms with Crippen LogP contribution in [0.3, 0.4) is 0 Å². The molecule has 1 aliphatic rings. The minimum absolute atomic E-state index is 0.0296. The van der Waals surface area contributed by atoms with Gasteiger partial charge in [0.25, 0.3) is 5.91 Å². The van der Waals surface area contributed by atoms with Crippen molar-refractivity contribution in [1.82, 2.24) is 4.90 Å². The van der Waals surface area contributed by atoms with Gasteiger partial charge in [0.15, 0.2) is 0 Å². The van der Waals surface area contributed by atoms with Gasteiger partial charge >= 0.3 is 5.97 Å². The van der Waals surface area contributed by atoms with E-state index in [4.69, 9.17) is 9.52 Å². The summed E-state index contributed by atoms with van der Waals surface area (Å²) in [6, 6.07) is 1.79. The molecule has 0 spiro atoms. The van der Waals surface area contributed by atoms with E-state index in [0.717, 1.165) is 25.0 Å². The second kappa shape index (κ2) is 6.11. The van der Waals surface area contributed by atoms with Gasteiger partial charge in [0.05, 0.1) is 5.56 Å². The van der Waals surface area contributed by atoms with Gasteiger partial charge in [0.1, 0.15) is 11.5 Å². The maximum atomic E-state index is 12.6. The number of rotatable bonds is 4. The third-order valence-electron chi connectivity index (χ3n) is 3.85. The molecule has 110 valence electrons. The van der Waals surface area contributed by atoms with Crippen molar-refractivity contribution in [1.29, 1.82) is 0 Å². The van der Waals surface area contributed by atoms with E-state index in [1.165, 1.54) is 0 Å². The Morgan fingerprint density at radius 3 is 2.75 bits per heavy atom. The lowest BCUT2D eigenvalue weighted by molar-refractivity contribution is -0.137. The number of amides is 1. The number of carbonyl (C=O) groups is 2. The first-order valence-electron chi connectivity index (χ1n) is 7.09. The van der Waals surface area contributed by atoms with Crippen LogP contribution in [0.4, 0.5) is 0 Å². The smallest absolute Gasteiger partial charge is 0.303 e. The van der Waals surface area contributed by atoms with Crippen molar-refractivity contribution in [3.8, 4) is 0 Å². The Morgan fingerprint density at radius 1 is 1.40 bits per heavy atom. The SMILES string of the molecule is Cc1cc(C(=O)N2CCCC[C@H]2CCC(=O)O)c(C)o1. The molecule has 1 aliphatic heterocycles. The number of carbonyl (C=O) groups excluding carboxylic acids is 1. The van der Waals surface area contributed by atoms with Crippen molar-refractivity contribution in [2.24, 2.45) is 0 Å². The second-order valence-corrected chi connectivity index (χ2v) is 5.41. The molecule has 1 N–H and O–H groups in total. The van der Waals surface area contributed by atoms with Crippen LogP contribution in [-0.2, 0) is 4.79 Å². The minimum Gasteiger partial charge on any atom is -0.481 e. The van der Waals surface area contributed by atoms with Crippen LogP contribution in [0.25, 0.3) is 0 Å². The summed E-state index contributed by atoms with van der Waals surface area (Å²) in [5.41, 5.74) is 0.602. The molecular formula is C15H21NO4. The summed E-state index contributed by atoms with van der Waals surface area (Å²) in [7, 11) is 0.